The van der Waals surface area contributed by atoms with E-state index in [0.29, 0.717) is 16.5 Å². The van der Waals surface area contributed by atoms with Gasteiger partial charge in [0.05, 0.1) is 5.02 Å². The number of thiocarbonyl (C=S) groups is 1. The van der Waals surface area contributed by atoms with Gasteiger partial charge in [-0.1, -0.05) is 59.6 Å². The fourth-order valence-corrected chi connectivity index (χ4v) is 3.18. The van der Waals surface area contributed by atoms with Gasteiger partial charge >= 0.3 is 0 Å². The van der Waals surface area contributed by atoms with E-state index in [1.165, 1.54) is 6.07 Å². The van der Waals surface area contributed by atoms with E-state index in [-0.39, 0.29) is 23.3 Å². The minimum Gasteiger partial charge on any atom is -0.483 e. The minimum absolute atomic E-state index is 0.0932. The third-order valence-electron chi connectivity index (χ3n) is 3.93. The average Bonchev–Trinajstić information content (AvgIpc) is 2.75. The number of nitrogens with one attached hydrogen (secondary N) is 3. The number of amides is 2. The smallest absolute Gasteiger partial charge is 0.276 e. The maximum absolute atomic E-state index is 12.1. The summed E-state index contributed by atoms with van der Waals surface area (Å²) in [5.74, 6) is -0.125. The van der Waals surface area contributed by atoms with Crippen LogP contribution in [0.4, 0.5) is 0 Å². The molecule has 3 aromatic rings. The molecule has 0 radical (unpaired) electrons. The Kier molecular flexibility index (Phi) is 7.88. The first-order chi connectivity index (χ1) is 14.9. The molecule has 10 heteroatoms. The van der Waals surface area contributed by atoms with E-state index in [1.54, 1.807) is 18.2 Å². The van der Waals surface area contributed by atoms with Crippen molar-refractivity contribution in [3.8, 4) is 11.5 Å². The van der Waals surface area contributed by atoms with Crippen molar-refractivity contribution in [1.82, 2.24) is 16.2 Å². The number of hydrogen-bond donors (Lipinski definition) is 3. The van der Waals surface area contributed by atoms with Crippen LogP contribution in [0.15, 0.2) is 60.7 Å². The van der Waals surface area contributed by atoms with E-state index < -0.39 is 11.8 Å². The molecular formula is C21H17Cl2N3O4S. The first kappa shape index (κ1) is 22.6. The van der Waals surface area contributed by atoms with E-state index in [9.17, 15) is 9.59 Å². The Morgan fingerprint density at radius 2 is 1.55 bits per heavy atom. The lowest BCUT2D eigenvalue weighted by Crippen LogP contribution is -2.50. The van der Waals surface area contributed by atoms with Gasteiger partial charge in [0.1, 0.15) is 11.5 Å². The molecule has 160 valence electrons. The molecule has 0 aliphatic carbocycles. The lowest BCUT2D eigenvalue weighted by Gasteiger charge is -2.13. The van der Waals surface area contributed by atoms with Gasteiger partial charge in [0.15, 0.2) is 18.3 Å². The van der Waals surface area contributed by atoms with E-state index in [0.717, 1.165) is 10.8 Å². The van der Waals surface area contributed by atoms with E-state index in [2.05, 4.69) is 16.2 Å². The quantitative estimate of drug-likeness (QED) is 0.371. The van der Waals surface area contributed by atoms with Gasteiger partial charge < -0.3 is 9.47 Å². The highest BCUT2D eigenvalue weighted by molar-refractivity contribution is 7.80. The molecule has 0 aliphatic heterocycles. The number of carbonyl (C=O) groups is 2. The van der Waals surface area contributed by atoms with Gasteiger partial charge in [-0.3, -0.25) is 25.8 Å². The molecule has 7 nitrogen and oxygen atoms in total. The second-order valence-corrected chi connectivity index (χ2v) is 7.43. The van der Waals surface area contributed by atoms with Crippen molar-refractivity contribution >= 4 is 63.1 Å². The Morgan fingerprint density at radius 3 is 2.35 bits per heavy atom. The summed E-state index contributed by atoms with van der Waals surface area (Å²) in [7, 11) is 0. The molecule has 31 heavy (non-hydrogen) atoms. The third kappa shape index (κ3) is 6.71. The molecule has 0 spiro atoms. The number of hydrogen-bond acceptors (Lipinski definition) is 5. The zero-order valence-electron chi connectivity index (χ0n) is 16.0. The highest BCUT2D eigenvalue weighted by atomic mass is 35.5. The average molecular weight is 478 g/mol. The molecule has 0 heterocycles. The number of hydrazine groups is 1. The van der Waals surface area contributed by atoms with Gasteiger partial charge in [-0.2, -0.15) is 0 Å². The standard InChI is InChI=1S/C21H17Cl2N3O4S/c22-14-8-9-18(16(23)10-14)30-12-20(28)25-26-21(31)24-19(27)11-29-17-7-3-5-13-4-1-2-6-15(13)17/h1-10H,11-12H2,(H,25,28)(H2,24,26,27,31). The molecule has 0 aliphatic rings. The van der Waals surface area contributed by atoms with Crippen LogP contribution in [0.2, 0.25) is 10.0 Å². The van der Waals surface area contributed by atoms with Crippen LogP contribution >= 0.6 is 35.4 Å². The summed E-state index contributed by atoms with van der Waals surface area (Å²) in [6.07, 6.45) is 0. The number of halogens is 2. The van der Waals surface area contributed by atoms with Gasteiger partial charge in [0.25, 0.3) is 11.8 Å². The lowest BCUT2D eigenvalue weighted by atomic mass is 10.1. The molecule has 0 fully saturated rings. The fourth-order valence-electron chi connectivity index (χ4n) is 2.56. The summed E-state index contributed by atoms with van der Waals surface area (Å²) in [5, 5.41) is 4.94. The van der Waals surface area contributed by atoms with E-state index in [1.807, 2.05) is 36.4 Å². The molecule has 3 rings (SSSR count). The molecule has 0 atom stereocenters. The summed E-state index contributed by atoms with van der Waals surface area (Å²) in [6, 6.07) is 17.9. The largest absolute Gasteiger partial charge is 0.483 e. The molecule has 0 saturated carbocycles. The van der Waals surface area contributed by atoms with Crippen LogP contribution in [0.25, 0.3) is 10.8 Å². The van der Waals surface area contributed by atoms with Crippen molar-refractivity contribution in [3.05, 3.63) is 70.7 Å². The summed E-state index contributed by atoms with van der Waals surface area (Å²) >= 11 is 16.7. The second-order valence-electron chi connectivity index (χ2n) is 6.18. The molecule has 0 bridgehead atoms. The van der Waals surface area contributed by atoms with E-state index in [4.69, 9.17) is 44.9 Å². The van der Waals surface area contributed by atoms with Gasteiger partial charge in [0.2, 0.25) is 0 Å². The van der Waals surface area contributed by atoms with Gasteiger partial charge in [-0.25, -0.2) is 0 Å². The van der Waals surface area contributed by atoms with Crippen LogP contribution in [0, 0.1) is 0 Å². The zero-order chi connectivity index (χ0) is 22.2. The Hall–Kier alpha value is -3.07. The number of fused-ring (bicyclic) bond motifs is 1. The van der Waals surface area contributed by atoms with Gasteiger partial charge in [-0.15, -0.1) is 0 Å². The van der Waals surface area contributed by atoms with Crippen molar-refractivity contribution in [2.45, 2.75) is 0 Å². The number of ether oxygens (including phenoxy) is 2. The van der Waals surface area contributed by atoms with Crippen LogP contribution in [0.1, 0.15) is 0 Å². The van der Waals surface area contributed by atoms with Crippen molar-refractivity contribution in [3.63, 3.8) is 0 Å². The Bertz CT molecular complexity index is 1120. The van der Waals surface area contributed by atoms with Crippen molar-refractivity contribution < 1.29 is 19.1 Å². The van der Waals surface area contributed by atoms with Crippen LogP contribution in [-0.2, 0) is 9.59 Å². The minimum atomic E-state index is -0.533. The van der Waals surface area contributed by atoms with E-state index >= 15 is 0 Å². The molecule has 0 aromatic heterocycles. The lowest BCUT2D eigenvalue weighted by molar-refractivity contribution is -0.124. The predicted octanol–water partition coefficient (Wildman–Crippen LogP) is 3.63. The maximum Gasteiger partial charge on any atom is 0.276 e. The summed E-state index contributed by atoms with van der Waals surface area (Å²) in [4.78, 5) is 23.9. The fraction of sp³-hybridized carbons (Fsp3) is 0.0952. The monoisotopic (exact) mass is 477 g/mol. The molecular weight excluding hydrogens is 461 g/mol. The van der Waals surface area contributed by atoms with Crippen molar-refractivity contribution in [1.29, 1.82) is 0 Å². The Balaban J connectivity index is 1.39. The van der Waals surface area contributed by atoms with Crippen LogP contribution in [0.5, 0.6) is 11.5 Å². The maximum atomic E-state index is 12.1. The molecule has 0 unspecified atom stereocenters. The Morgan fingerprint density at radius 1 is 0.839 bits per heavy atom. The predicted molar refractivity (Wildman–Crippen MR) is 123 cm³/mol. The summed E-state index contributed by atoms with van der Waals surface area (Å²) in [5.41, 5.74) is 4.72. The number of benzene rings is 3. The normalized spacial score (nSPS) is 10.3. The summed E-state index contributed by atoms with van der Waals surface area (Å²) in [6.45, 7) is -0.572. The van der Waals surface area contributed by atoms with Gasteiger partial charge in [-0.05, 0) is 41.9 Å². The number of carbonyl (C=O) groups excluding carboxylic acids is 2. The number of rotatable bonds is 6. The van der Waals surface area contributed by atoms with Crippen LogP contribution in [0.3, 0.4) is 0 Å². The third-order valence-corrected chi connectivity index (χ3v) is 4.66. The van der Waals surface area contributed by atoms with Gasteiger partial charge in [0, 0.05) is 10.4 Å². The Labute approximate surface area is 193 Å². The topological polar surface area (TPSA) is 88.7 Å². The molecule has 3 N–H and O–H groups in total. The first-order valence-electron chi connectivity index (χ1n) is 8.99. The SMILES string of the molecule is O=C(COc1ccc(Cl)cc1Cl)NNC(=S)NC(=O)COc1cccc2ccccc12. The van der Waals surface area contributed by atoms with Crippen LogP contribution < -0.4 is 25.6 Å². The second kappa shape index (κ2) is 10.8. The van der Waals surface area contributed by atoms with Crippen LogP contribution in [-0.4, -0.2) is 30.1 Å². The highest BCUT2D eigenvalue weighted by Crippen LogP contribution is 2.27. The molecule has 3 aromatic carbocycles. The zero-order valence-corrected chi connectivity index (χ0v) is 18.3. The molecule has 0 saturated heterocycles. The van der Waals surface area contributed by atoms with Crippen molar-refractivity contribution in [2.24, 2.45) is 0 Å². The summed E-state index contributed by atoms with van der Waals surface area (Å²) < 4.78 is 10.9. The van der Waals surface area contributed by atoms with Crippen molar-refractivity contribution in [2.75, 3.05) is 13.2 Å². The first-order valence-corrected chi connectivity index (χ1v) is 10.2. The highest BCUT2D eigenvalue weighted by Gasteiger charge is 2.10. The molecule has 2 amide bonds.